The van der Waals surface area contributed by atoms with E-state index in [0.717, 1.165) is 34.7 Å². The molecule has 0 spiro atoms. The van der Waals surface area contributed by atoms with Gasteiger partial charge in [0, 0.05) is 17.5 Å². The zero-order valence-electron chi connectivity index (χ0n) is 14.7. The molecule has 4 rings (SSSR count). The summed E-state index contributed by atoms with van der Waals surface area (Å²) >= 11 is 1.24. The minimum atomic E-state index is -3.61. The fraction of sp³-hybridized carbons (Fsp3) is 0.412. The number of nitrogens with zero attached hydrogens (tertiary/aromatic N) is 3. The molecule has 0 bridgehead atoms. The summed E-state index contributed by atoms with van der Waals surface area (Å²) in [6.45, 7) is 5.98. The molecule has 4 heterocycles. The molecule has 1 aliphatic rings. The van der Waals surface area contributed by atoms with E-state index in [-0.39, 0.29) is 6.04 Å². The van der Waals surface area contributed by atoms with Crippen LogP contribution in [0.25, 0.3) is 10.4 Å². The van der Waals surface area contributed by atoms with Crippen molar-refractivity contribution >= 4 is 21.4 Å². The van der Waals surface area contributed by atoms with Crippen LogP contribution in [0.2, 0.25) is 0 Å². The summed E-state index contributed by atoms with van der Waals surface area (Å²) in [4.78, 5) is 0.839. The Kier molecular flexibility index (Phi) is 4.25. The number of aromatic nitrogens is 2. The number of hydrogen-bond donors (Lipinski definition) is 0. The van der Waals surface area contributed by atoms with Crippen molar-refractivity contribution in [1.82, 2.24) is 14.6 Å². The third-order valence-electron chi connectivity index (χ3n) is 4.60. The molecule has 7 nitrogen and oxygen atoms in total. The second kappa shape index (κ2) is 6.33. The molecule has 0 radical (unpaired) electrons. The lowest BCUT2D eigenvalue weighted by Gasteiger charge is -2.21. The van der Waals surface area contributed by atoms with E-state index in [1.165, 1.54) is 15.6 Å². The molecule has 0 N–H and O–H groups in total. The Balaban J connectivity index is 1.69. The molecular formula is C17H19N3O4S2. The Morgan fingerprint density at radius 1 is 1.19 bits per heavy atom. The van der Waals surface area contributed by atoms with Crippen LogP contribution >= 0.6 is 11.3 Å². The van der Waals surface area contributed by atoms with Crippen molar-refractivity contribution in [2.24, 2.45) is 0 Å². The van der Waals surface area contributed by atoms with Crippen LogP contribution in [0.4, 0.5) is 0 Å². The Morgan fingerprint density at radius 3 is 2.65 bits per heavy atom. The highest BCUT2D eigenvalue weighted by Crippen LogP contribution is 2.40. The van der Waals surface area contributed by atoms with E-state index in [9.17, 15) is 8.42 Å². The Labute approximate surface area is 155 Å². The van der Waals surface area contributed by atoms with Gasteiger partial charge < -0.3 is 9.05 Å². The van der Waals surface area contributed by atoms with Gasteiger partial charge in [-0.05, 0) is 45.7 Å². The SMILES string of the molecule is Cc1cc(C2CCCN2S(=O)(=O)c2ccc(-c3c(C)noc3C)s2)on1. The molecule has 0 aliphatic carbocycles. The molecule has 138 valence electrons. The molecule has 1 saturated heterocycles. The summed E-state index contributed by atoms with van der Waals surface area (Å²) in [5.41, 5.74) is 2.37. The van der Waals surface area contributed by atoms with Crippen LogP contribution in [0.1, 0.15) is 41.8 Å². The maximum absolute atomic E-state index is 13.2. The van der Waals surface area contributed by atoms with Gasteiger partial charge in [0.15, 0.2) is 5.76 Å². The first-order valence-corrected chi connectivity index (χ1v) is 10.6. The molecule has 3 aromatic rings. The molecule has 1 aliphatic heterocycles. The quantitative estimate of drug-likeness (QED) is 0.669. The Bertz CT molecular complexity index is 1030. The molecule has 1 fully saturated rings. The number of aryl methyl sites for hydroxylation is 3. The van der Waals surface area contributed by atoms with Crippen molar-refractivity contribution in [3.8, 4) is 10.4 Å². The highest BCUT2D eigenvalue weighted by molar-refractivity contribution is 7.91. The zero-order valence-corrected chi connectivity index (χ0v) is 16.4. The first-order valence-electron chi connectivity index (χ1n) is 8.36. The zero-order chi connectivity index (χ0) is 18.5. The van der Waals surface area contributed by atoms with Gasteiger partial charge in [-0.25, -0.2) is 8.42 Å². The van der Waals surface area contributed by atoms with E-state index < -0.39 is 10.0 Å². The average Bonchev–Trinajstić information content (AvgIpc) is 3.34. The van der Waals surface area contributed by atoms with Crippen LogP contribution in [0.15, 0.2) is 31.5 Å². The molecule has 1 atom stereocenters. The maximum atomic E-state index is 13.2. The lowest BCUT2D eigenvalue weighted by atomic mass is 10.2. The van der Waals surface area contributed by atoms with E-state index in [1.54, 1.807) is 6.07 Å². The van der Waals surface area contributed by atoms with Crippen LogP contribution < -0.4 is 0 Å². The van der Waals surface area contributed by atoms with Crippen molar-refractivity contribution in [3.05, 3.63) is 41.1 Å². The van der Waals surface area contributed by atoms with Crippen LogP contribution in [-0.4, -0.2) is 29.6 Å². The van der Waals surface area contributed by atoms with Gasteiger partial charge in [-0.3, -0.25) is 0 Å². The van der Waals surface area contributed by atoms with Gasteiger partial charge in [0.2, 0.25) is 0 Å². The summed E-state index contributed by atoms with van der Waals surface area (Å²) in [5, 5.41) is 7.84. The van der Waals surface area contributed by atoms with E-state index in [2.05, 4.69) is 10.3 Å². The van der Waals surface area contributed by atoms with E-state index in [0.29, 0.717) is 22.3 Å². The fourth-order valence-corrected chi connectivity index (χ4v) is 6.64. The molecule has 9 heteroatoms. The highest BCUT2D eigenvalue weighted by Gasteiger charge is 2.39. The topological polar surface area (TPSA) is 89.4 Å². The molecule has 0 aromatic carbocycles. The van der Waals surface area contributed by atoms with Gasteiger partial charge in [-0.2, -0.15) is 4.31 Å². The van der Waals surface area contributed by atoms with Crippen LogP contribution in [-0.2, 0) is 10.0 Å². The van der Waals surface area contributed by atoms with Crippen molar-refractivity contribution < 1.29 is 17.5 Å². The predicted octanol–water partition coefficient (Wildman–Crippen LogP) is 3.84. The van der Waals surface area contributed by atoms with Crippen LogP contribution in [0.5, 0.6) is 0 Å². The molecule has 0 saturated carbocycles. The molecule has 26 heavy (non-hydrogen) atoms. The summed E-state index contributed by atoms with van der Waals surface area (Å²) in [6, 6.07) is 4.98. The third-order valence-corrected chi connectivity index (χ3v) is 8.08. The Hall–Kier alpha value is -1.97. The minimum absolute atomic E-state index is 0.300. The second-order valence-corrected chi connectivity index (χ2v) is 9.66. The third kappa shape index (κ3) is 2.80. The standard InChI is InChI=1S/C17H19N3O4S2/c1-10-9-14(24-18-10)13-5-4-8-20(13)26(21,22)16-7-6-15(25-16)17-11(2)19-23-12(17)3/h6-7,9,13H,4-5,8H2,1-3H3. The smallest absolute Gasteiger partial charge is 0.253 e. The lowest BCUT2D eigenvalue weighted by molar-refractivity contribution is 0.297. The summed E-state index contributed by atoms with van der Waals surface area (Å²) in [6.07, 6.45) is 1.53. The summed E-state index contributed by atoms with van der Waals surface area (Å²) in [7, 11) is -3.61. The molecule has 0 amide bonds. The van der Waals surface area contributed by atoms with Gasteiger partial charge in [-0.1, -0.05) is 10.3 Å². The van der Waals surface area contributed by atoms with E-state index in [4.69, 9.17) is 9.05 Å². The fourth-order valence-electron chi connectivity index (χ4n) is 3.40. The molecule has 1 unspecified atom stereocenters. The number of rotatable bonds is 4. The van der Waals surface area contributed by atoms with Gasteiger partial charge >= 0.3 is 0 Å². The van der Waals surface area contributed by atoms with Crippen molar-refractivity contribution in [2.45, 2.75) is 43.9 Å². The van der Waals surface area contributed by atoms with Gasteiger partial charge in [0.25, 0.3) is 10.0 Å². The number of sulfonamides is 1. The van der Waals surface area contributed by atoms with Crippen molar-refractivity contribution in [1.29, 1.82) is 0 Å². The second-order valence-electron chi connectivity index (χ2n) is 6.46. The van der Waals surface area contributed by atoms with Crippen molar-refractivity contribution in [3.63, 3.8) is 0 Å². The molecular weight excluding hydrogens is 374 g/mol. The van der Waals surface area contributed by atoms with Gasteiger partial charge in [0.05, 0.1) is 23.0 Å². The number of thiophene rings is 1. The van der Waals surface area contributed by atoms with E-state index in [1.807, 2.05) is 32.9 Å². The maximum Gasteiger partial charge on any atom is 0.253 e. The normalized spacial score (nSPS) is 18.7. The number of hydrogen-bond acceptors (Lipinski definition) is 7. The van der Waals surface area contributed by atoms with Crippen molar-refractivity contribution in [2.75, 3.05) is 6.54 Å². The Morgan fingerprint density at radius 2 is 2.00 bits per heavy atom. The highest BCUT2D eigenvalue weighted by atomic mass is 32.2. The van der Waals surface area contributed by atoms with E-state index >= 15 is 0 Å². The monoisotopic (exact) mass is 393 g/mol. The largest absolute Gasteiger partial charge is 0.361 e. The van der Waals surface area contributed by atoms with Gasteiger partial charge in [-0.15, -0.1) is 11.3 Å². The minimum Gasteiger partial charge on any atom is -0.361 e. The first kappa shape index (κ1) is 17.4. The van der Waals surface area contributed by atoms with Crippen LogP contribution in [0.3, 0.4) is 0 Å². The predicted molar refractivity (Wildman–Crippen MR) is 96.4 cm³/mol. The van der Waals surface area contributed by atoms with Crippen LogP contribution in [0, 0.1) is 20.8 Å². The molecule has 3 aromatic heterocycles. The first-order chi connectivity index (χ1) is 12.4. The average molecular weight is 393 g/mol. The summed E-state index contributed by atoms with van der Waals surface area (Å²) in [5.74, 6) is 1.29. The summed E-state index contributed by atoms with van der Waals surface area (Å²) < 4.78 is 38.8. The lowest BCUT2D eigenvalue weighted by Crippen LogP contribution is -2.30. The van der Waals surface area contributed by atoms with Gasteiger partial charge in [0.1, 0.15) is 9.97 Å².